The van der Waals surface area contributed by atoms with Crippen molar-refractivity contribution >= 4 is 0 Å². The summed E-state index contributed by atoms with van der Waals surface area (Å²) in [5.41, 5.74) is 1.92. The zero-order valence-electron chi connectivity index (χ0n) is 10.1. The summed E-state index contributed by atoms with van der Waals surface area (Å²) < 4.78 is 0. The summed E-state index contributed by atoms with van der Waals surface area (Å²) in [7, 11) is 0. The van der Waals surface area contributed by atoms with Crippen LogP contribution in [-0.4, -0.2) is 0 Å². The van der Waals surface area contributed by atoms with E-state index in [0.29, 0.717) is 11.8 Å². The Bertz CT molecular complexity index is 302. The Balaban J connectivity index is 2.41. The molecule has 0 amide bonds. The van der Waals surface area contributed by atoms with Gasteiger partial charge in [0.05, 0.1) is 6.07 Å². The SMILES string of the molecule is CC1CC=C(CC=CCCC#N)C1(C)C. The Morgan fingerprint density at radius 1 is 1.53 bits per heavy atom. The lowest BCUT2D eigenvalue weighted by atomic mass is 9.77. The van der Waals surface area contributed by atoms with Crippen LogP contribution in [0.4, 0.5) is 0 Å². The van der Waals surface area contributed by atoms with Crippen LogP contribution in [0.15, 0.2) is 23.8 Å². The fourth-order valence-corrected chi connectivity index (χ4v) is 2.02. The van der Waals surface area contributed by atoms with Gasteiger partial charge < -0.3 is 0 Å². The zero-order chi connectivity index (χ0) is 11.3. The Labute approximate surface area is 93.5 Å². The second-order valence-electron chi connectivity index (χ2n) is 4.96. The molecule has 0 radical (unpaired) electrons. The van der Waals surface area contributed by atoms with Crippen molar-refractivity contribution in [2.75, 3.05) is 0 Å². The van der Waals surface area contributed by atoms with E-state index in [1.54, 1.807) is 5.57 Å². The first-order chi connectivity index (χ1) is 7.09. The van der Waals surface area contributed by atoms with Gasteiger partial charge in [-0.3, -0.25) is 0 Å². The highest BCUT2D eigenvalue weighted by Gasteiger charge is 2.32. The van der Waals surface area contributed by atoms with Crippen LogP contribution in [0.3, 0.4) is 0 Å². The molecule has 82 valence electrons. The molecule has 1 unspecified atom stereocenters. The molecular formula is C14H21N. The van der Waals surface area contributed by atoms with Crippen LogP contribution < -0.4 is 0 Å². The molecule has 0 heterocycles. The summed E-state index contributed by atoms with van der Waals surface area (Å²) in [4.78, 5) is 0. The zero-order valence-corrected chi connectivity index (χ0v) is 10.1. The normalized spacial score (nSPS) is 24.1. The molecule has 1 atom stereocenters. The van der Waals surface area contributed by atoms with Crippen molar-refractivity contribution in [1.29, 1.82) is 5.26 Å². The number of rotatable bonds is 4. The highest BCUT2D eigenvalue weighted by molar-refractivity contribution is 5.22. The number of unbranched alkanes of at least 4 members (excludes halogenated alkanes) is 1. The molecule has 0 aliphatic heterocycles. The molecule has 1 aliphatic carbocycles. The monoisotopic (exact) mass is 203 g/mol. The van der Waals surface area contributed by atoms with E-state index in [4.69, 9.17) is 5.26 Å². The molecule has 1 heteroatoms. The third-order valence-corrected chi connectivity index (χ3v) is 3.70. The second-order valence-corrected chi connectivity index (χ2v) is 4.96. The van der Waals surface area contributed by atoms with Crippen molar-refractivity contribution in [2.24, 2.45) is 11.3 Å². The summed E-state index contributed by atoms with van der Waals surface area (Å²) in [5, 5.41) is 8.40. The molecule has 0 saturated carbocycles. The van der Waals surface area contributed by atoms with E-state index < -0.39 is 0 Å². The van der Waals surface area contributed by atoms with Crippen LogP contribution in [0.1, 0.15) is 46.5 Å². The molecular weight excluding hydrogens is 182 g/mol. The number of hydrogen-bond donors (Lipinski definition) is 0. The van der Waals surface area contributed by atoms with E-state index in [2.05, 4.69) is 45.1 Å². The Kier molecular flexibility index (Phi) is 4.15. The number of nitrogens with zero attached hydrogens (tertiary/aromatic N) is 1. The Hall–Kier alpha value is -1.03. The van der Waals surface area contributed by atoms with Crippen molar-refractivity contribution in [2.45, 2.75) is 46.5 Å². The molecule has 0 aromatic carbocycles. The van der Waals surface area contributed by atoms with Gasteiger partial charge in [0, 0.05) is 6.42 Å². The summed E-state index contributed by atoms with van der Waals surface area (Å²) >= 11 is 0. The van der Waals surface area contributed by atoms with Gasteiger partial charge in [0.15, 0.2) is 0 Å². The van der Waals surface area contributed by atoms with Gasteiger partial charge in [-0.05, 0) is 30.6 Å². The minimum absolute atomic E-state index is 0.361. The largest absolute Gasteiger partial charge is 0.198 e. The molecule has 1 nitrogen and oxygen atoms in total. The van der Waals surface area contributed by atoms with Gasteiger partial charge in [-0.1, -0.05) is 44.6 Å². The van der Waals surface area contributed by atoms with Crippen molar-refractivity contribution in [3.63, 3.8) is 0 Å². The standard InChI is InChI=1S/C14H21N/c1-12-9-10-13(14(12,2)3)8-6-4-5-7-11-15/h4,6,10,12H,5,7-9H2,1-3H3. The van der Waals surface area contributed by atoms with E-state index in [-0.39, 0.29) is 0 Å². The first-order valence-corrected chi connectivity index (χ1v) is 5.80. The highest BCUT2D eigenvalue weighted by Crippen LogP contribution is 2.44. The minimum Gasteiger partial charge on any atom is -0.198 e. The molecule has 1 rings (SSSR count). The third kappa shape index (κ3) is 2.96. The quantitative estimate of drug-likeness (QED) is 0.495. The summed E-state index contributed by atoms with van der Waals surface area (Å²) in [6.07, 6.45) is 10.5. The lowest BCUT2D eigenvalue weighted by Crippen LogP contribution is -2.18. The molecule has 0 spiro atoms. The fourth-order valence-electron chi connectivity index (χ4n) is 2.02. The van der Waals surface area contributed by atoms with Crippen LogP contribution in [0.5, 0.6) is 0 Å². The molecule has 0 N–H and O–H groups in total. The number of nitriles is 1. The van der Waals surface area contributed by atoms with Crippen LogP contribution >= 0.6 is 0 Å². The van der Waals surface area contributed by atoms with Gasteiger partial charge in [-0.15, -0.1) is 0 Å². The fraction of sp³-hybridized carbons (Fsp3) is 0.643. The summed E-state index contributed by atoms with van der Waals surface area (Å²) in [5.74, 6) is 0.764. The highest BCUT2D eigenvalue weighted by atomic mass is 14.4. The molecule has 0 fully saturated rings. The minimum atomic E-state index is 0.361. The van der Waals surface area contributed by atoms with Crippen molar-refractivity contribution in [3.05, 3.63) is 23.8 Å². The maximum Gasteiger partial charge on any atom is 0.0624 e. The Morgan fingerprint density at radius 3 is 2.80 bits per heavy atom. The molecule has 0 saturated heterocycles. The van der Waals surface area contributed by atoms with Crippen LogP contribution in [0.25, 0.3) is 0 Å². The van der Waals surface area contributed by atoms with E-state index in [9.17, 15) is 0 Å². The predicted molar refractivity (Wildman–Crippen MR) is 64.2 cm³/mol. The van der Waals surface area contributed by atoms with E-state index in [0.717, 1.165) is 18.8 Å². The molecule has 15 heavy (non-hydrogen) atoms. The Morgan fingerprint density at radius 2 is 2.27 bits per heavy atom. The van der Waals surface area contributed by atoms with Gasteiger partial charge in [0.25, 0.3) is 0 Å². The van der Waals surface area contributed by atoms with E-state index in [1.165, 1.54) is 6.42 Å². The first kappa shape index (κ1) is 12.0. The molecule has 1 aliphatic rings. The second kappa shape index (κ2) is 5.16. The smallest absolute Gasteiger partial charge is 0.0624 e. The number of hydrogen-bond acceptors (Lipinski definition) is 1. The van der Waals surface area contributed by atoms with Crippen LogP contribution in [-0.2, 0) is 0 Å². The van der Waals surface area contributed by atoms with E-state index >= 15 is 0 Å². The molecule has 0 aromatic rings. The third-order valence-electron chi connectivity index (χ3n) is 3.70. The van der Waals surface area contributed by atoms with Gasteiger partial charge in [0.2, 0.25) is 0 Å². The average Bonchev–Trinajstić information content (AvgIpc) is 2.44. The van der Waals surface area contributed by atoms with Gasteiger partial charge >= 0.3 is 0 Å². The predicted octanol–water partition coefficient (Wildman–Crippen LogP) is 4.23. The van der Waals surface area contributed by atoms with Crippen molar-refractivity contribution in [1.82, 2.24) is 0 Å². The first-order valence-electron chi connectivity index (χ1n) is 5.80. The summed E-state index contributed by atoms with van der Waals surface area (Å²) in [6.45, 7) is 6.99. The maximum atomic E-state index is 8.40. The van der Waals surface area contributed by atoms with Gasteiger partial charge in [-0.25, -0.2) is 0 Å². The number of allylic oxidation sites excluding steroid dienone is 4. The van der Waals surface area contributed by atoms with Crippen LogP contribution in [0.2, 0.25) is 0 Å². The average molecular weight is 203 g/mol. The lowest BCUT2D eigenvalue weighted by Gasteiger charge is -2.27. The molecule has 0 aromatic heterocycles. The maximum absolute atomic E-state index is 8.40. The van der Waals surface area contributed by atoms with E-state index in [1.807, 2.05) is 0 Å². The summed E-state index contributed by atoms with van der Waals surface area (Å²) in [6, 6.07) is 2.15. The van der Waals surface area contributed by atoms with Crippen molar-refractivity contribution in [3.8, 4) is 6.07 Å². The van der Waals surface area contributed by atoms with Crippen LogP contribution in [0, 0.1) is 22.7 Å². The van der Waals surface area contributed by atoms with Gasteiger partial charge in [-0.2, -0.15) is 5.26 Å². The van der Waals surface area contributed by atoms with Crippen molar-refractivity contribution < 1.29 is 0 Å². The van der Waals surface area contributed by atoms with Gasteiger partial charge in [0.1, 0.15) is 0 Å². The molecule has 0 bridgehead atoms. The topological polar surface area (TPSA) is 23.8 Å². The lowest BCUT2D eigenvalue weighted by molar-refractivity contribution is 0.313.